The number of amides is 1. The highest BCUT2D eigenvalue weighted by atomic mass is 35.5. The fourth-order valence-corrected chi connectivity index (χ4v) is 4.95. The minimum atomic E-state index is -3.31. The quantitative estimate of drug-likeness (QED) is 0.852. The molecule has 0 spiro atoms. The summed E-state index contributed by atoms with van der Waals surface area (Å²) in [6, 6.07) is 12.4. The second-order valence-corrected chi connectivity index (χ2v) is 8.64. The zero-order valence-electron chi connectivity index (χ0n) is 14.5. The van der Waals surface area contributed by atoms with Crippen molar-refractivity contribution >= 4 is 38.9 Å². The normalized spacial score (nSPS) is 16.3. The van der Waals surface area contributed by atoms with Crippen LogP contribution in [0.2, 0.25) is 5.02 Å². The highest BCUT2D eigenvalue weighted by Crippen LogP contribution is 2.29. The SMILES string of the molecule is CCc1ccccc1NC(=O)c1ccc(N2CCCCS2(=O)=O)cc1Cl. The lowest BCUT2D eigenvalue weighted by Gasteiger charge is -2.28. The predicted molar refractivity (Wildman–Crippen MR) is 106 cm³/mol. The number of anilines is 2. The van der Waals surface area contributed by atoms with Crippen molar-refractivity contribution in [1.29, 1.82) is 0 Å². The number of benzene rings is 2. The number of halogens is 1. The summed E-state index contributed by atoms with van der Waals surface area (Å²) in [6.45, 7) is 2.46. The molecule has 1 saturated heterocycles. The van der Waals surface area contributed by atoms with Gasteiger partial charge in [0.25, 0.3) is 5.91 Å². The van der Waals surface area contributed by atoms with Gasteiger partial charge in [-0.15, -0.1) is 0 Å². The first-order valence-corrected chi connectivity index (χ1v) is 10.6. The second-order valence-electron chi connectivity index (χ2n) is 6.22. The minimum Gasteiger partial charge on any atom is -0.322 e. The molecule has 0 unspecified atom stereocenters. The summed E-state index contributed by atoms with van der Waals surface area (Å²) < 4.78 is 25.8. The highest BCUT2D eigenvalue weighted by Gasteiger charge is 2.26. The number of rotatable bonds is 4. The van der Waals surface area contributed by atoms with Crippen LogP contribution in [-0.4, -0.2) is 26.6 Å². The molecule has 0 radical (unpaired) electrons. The maximum atomic E-state index is 12.6. The molecule has 2 aromatic rings. The Hall–Kier alpha value is -2.05. The summed E-state index contributed by atoms with van der Waals surface area (Å²) in [5.41, 5.74) is 2.60. The molecular formula is C19H21ClN2O3S. The Balaban J connectivity index is 1.84. The molecule has 3 rings (SSSR count). The number of nitrogens with one attached hydrogen (secondary N) is 1. The Morgan fingerprint density at radius 2 is 1.96 bits per heavy atom. The van der Waals surface area contributed by atoms with Crippen LogP contribution < -0.4 is 9.62 Å². The van der Waals surface area contributed by atoms with Crippen LogP contribution in [0.4, 0.5) is 11.4 Å². The van der Waals surface area contributed by atoms with E-state index in [2.05, 4.69) is 5.32 Å². The van der Waals surface area contributed by atoms with Gasteiger partial charge in [0.15, 0.2) is 0 Å². The number of carbonyl (C=O) groups excluding carboxylic acids is 1. The largest absolute Gasteiger partial charge is 0.322 e. The van der Waals surface area contributed by atoms with Gasteiger partial charge in [-0.25, -0.2) is 8.42 Å². The summed E-state index contributed by atoms with van der Waals surface area (Å²) in [4.78, 5) is 12.6. The average Bonchev–Trinajstić information content (AvgIpc) is 2.61. The molecule has 5 nitrogen and oxygen atoms in total. The van der Waals surface area contributed by atoms with Gasteiger partial charge >= 0.3 is 0 Å². The maximum absolute atomic E-state index is 12.6. The summed E-state index contributed by atoms with van der Waals surface area (Å²) >= 11 is 6.29. The summed E-state index contributed by atoms with van der Waals surface area (Å²) in [5.74, 6) is -0.176. The Labute approximate surface area is 159 Å². The molecule has 7 heteroatoms. The van der Waals surface area contributed by atoms with Crippen molar-refractivity contribution in [2.45, 2.75) is 26.2 Å². The van der Waals surface area contributed by atoms with E-state index in [9.17, 15) is 13.2 Å². The van der Waals surface area contributed by atoms with E-state index in [-0.39, 0.29) is 16.7 Å². The Morgan fingerprint density at radius 3 is 2.65 bits per heavy atom. The standard InChI is InChI=1S/C19H21ClN2O3S/c1-2-14-7-3-4-8-18(14)21-19(23)16-10-9-15(13-17(16)20)22-11-5-6-12-26(22,24)25/h3-4,7-10,13H,2,5-6,11-12H2,1H3,(H,21,23). The predicted octanol–water partition coefficient (Wildman–Crippen LogP) is 4.08. The number of sulfonamides is 1. The molecule has 0 aliphatic carbocycles. The number of hydrogen-bond acceptors (Lipinski definition) is 3. The van der Waals surface area contributed by atoms with Crippen molar-refractivity contribution in [1.82, 2.24) is 0 Å². The Kier molecular flexibility index (Phi) is 5.53. The molecule has 1 N–H and O–H groups in total. The molecule has 138 valence electrons. The van der Waals surface area contributed by atoms with Gasteiger partial charge in [-0.2, -0.15) is 0 Å². The smallest absolute Gasteiger partial charge is 0.257 e. The zero-order chi connectivity index (χ0) is 18.7. The van der Waals surface area contributed by atoms with Crippen molar-refractivity contribution in [3.63, 3.8) is 0 Å². The van der Waals surface area contributed by atoms with Crippen molar-refractivity contribution < 1.29 is 13.2 Å². The van der Waals surface area contributed by atoms with Crippen LogP contribution in [-0.2, 0) is 16.4 Å². The molecule has 1 aliphatic rings. The van der Waals surface area contributed by atoms with Gasteiger partial charge < -0.3 is 5.32 Å². The molecule has 26 heavy (non-hydrogen) atoms. The van der Waals surface area contributed by atoms with Crippen LogP contribution >= 0.6 is 11.6 Å². The first-order valence-electron chi connectivity index (χ1n) is 8.61. The molecule has 1 fully saturated rings. The van der Waals surface area contributed by atoms with E-state index in [0.29, 0.717) is 24.2 Å². The van der Waals surface area contributed by atoms with E-state index in [1.165, 1.54) is 4.31 Å². The summed E-state index contributed by atoms with van der Waals surface area (Å²) in [5, 5.41) is 3.11. The van der Waals surface area contributed by atoms with Gasteiger partial charge in [0, 0.05) is 12.2 Å². The van der Waals surface area contributed by atoms with E-state index in [0.717, 1.165) is 24.1 Å². The molecule has 1 aliphatic heterocycles. The molecule has 1 heterocycles. The van der Waals surface area contributed by atoms with Gasteiger partial charge in [0.2, 0.25) is 10.0 Å². The highest BCUT2D eigenvalue weighted by molar-refractivity contribution is 7.92. The van der Waals surface area contributed by atoms with Crippen molar-refractivity contribution in [3.8, 4) is 0 Å². The molecule has 0 bridgehead atoms. The fourth-order valence-electron chi connectivity index (χ4n) is 3.06. The van der Waals surface area contributed by atoms with Crippen molar-refractivity contribution in [3.05, 3.63) is 58.6 Å². The Bertz CT molecular complexity index is 928. The van der Waals surface area contributed by atoms with Crippen LogP contribution in [0.1, 0.15) is 35.7 Å². The maximum Gasteiger partial charge on any atom is 0.257 e. The van der Waals surface area contributed by atoms with Crippen molar-refractivity contribution in [2.24, 2.45) is 0 Å². The van der Waals surface area contributed by atoms with Crippen molar-refractivity contribution in [2.75, 3.05) is 21.9 Å². The lowest BCUT2D eigenvalue weighted by atomic mass is 10.1. The lowest BCUT2D eigenvalue weighted by molar-refractivity contribution is 0.102. The number of nitrogens with zero attached hydrogens (tertiary/aromatic N) is 1. The number of carbonyl (C=O) groups is 1. The fraction of sp³-hybridized carbons (Fsp3) is 0.316. The van der Waals surface area contributed by atoms with Gasteiger partial charge in [-0.3, -0.25) is 9.10 Å². The molecule has 0 saturated carbocycles. The average molecular weight is 393 g/mol. The number of hydrogen-bond donors (Lipinski definition) is 1. The Morgan fingerprint density at radius 1 is 1.19 bits per heavy atom. The summed E-state index contributed by atoms with van der Waals surface area (Å²) in [7, 11) is -3.31. The second kappa shape index (κ2) is 7.68. The molecule has 2 aromatic carbocycles. The molecule has 0 atom stereocenters. The van der Waals surface area contributed by atoms with Crippen LogP contribution in [0.3, 0.4) is 0 Å². The first-order chi connectivity index (χ1) is 12.4. The van der Waals surface area contributed by atoms with Gasteiger partial charge in [-0.05, 0) is 49.1 Å². The minimum absolute atomic E-state index is 0.140. The third-order valence-corrected chi connectivity index (χ3v) is 6.66. The molecule has 0 aromatic heterocycles. The third kappa shape index (κ3) is 3.86. The topological polar surface area (TPSA) is 66.5 Å². The van der Waals surface area contributed by atoms with E-state index in [1.807, 2.05) is 31.2 Å². The zero-order valence-corrected chi connectivity index (χ0v) is 16.1. The van der Waals surface area contributed by atoms with E-state index < -0.39 is 10.0 Å². The van der Waals surface area contributed by atoms with E-state index >= 15 is 0 Å². The van der Waals surface area contributed by atoms with Crippen LogP contribution in [0.5, 0.6) is 0 Å². The number of aryl methyl sites for hydroxylation is 1. The van der Waals surface area contributed by atoms with Crippen LogP contribution in [0, 0.1) is 0 Å². The van der Waals surface area contributed by atoms with Gasteiger partial charge in [0.05, 0.1) is 22.0 Å². The van der Waals surface area contributed by atoms with Crippen LogP contribution in [0.25, 0.3) is 0 Å². The van der Waals surface area contributed by atoms with E-state index in [4.69, 9.17) is 11.6 Å². The molecular weight excluding hydrogens is 372 g/mol. The molecule has 1 amide bonds. The van der Waals surface area contributed by atoms with E-state index in [1.54, 1.807) is 18.2 Å². The third-order valence-electron chi connectivity index (χ3n) is 4.48. The van der Waals surface area contributed by atoms with Gasteiger partial charge in [-0.1, -0.05) is 36.7 Å². The first kappa shape index (κ1) is 18.7. The van der Waals surface area contributed by atoms with Crippen LogP contribution in [0.15, 0.2) is 42.5 Å². The lowest BCUT2D eigenvalue weighted by Crippen LogP contribution is -2.37. The monoisotopic (exact) mass is 392 g/mol. The van der Waals surface area contributed by atoms with Gasteiger partial charge in [0.1, 0.15) is 0 Å². The number of para-hydroxylation sites is 1. The summed E-state index contributed by atoms with van der Waals surface area (Å²) in [6.07, 6.45) is 2.28.